The van der Waals surface area contributed by atoms with Crippen molar-refractivity contribution in [2.24, 2.45) is 0 Å². The molecule has 8 heteroatoms. The standard InChI is InChI=1S/C12H17N3O5/c1-3-20-9-5-4-8(6-13-9)14-12(19)15-10(7(2)16)11(17)18/h4-7,10,16H,3H2,1-2H3,(H,17,18)(H2,14,15,19)/t7-,10+/m1/s1. The fourth-order valence-electron chi connectivity index (χ4n) is 1.38. The highest BCUT2D eigenvalue weighted by atomic mass is 16.5. The van der Waals surface area contributed by atoms with Crippen LogP contribution in [-0.2, 0) is 4.79 Å². The van der Waals surface area contributed by atoms with E-state index in [1.165, 1.54) is 13.1 Å². The molecule has 0 saturated heterocycles. The van der Waals surface area contributed by atoms with Gasteiger partial charge < -0.3 is 25.6 Å². The van der Waals surface area contributed by atoms with Crippen LogP contribution >= 0.6 is 0 Å². The minimum absolute atomic E-state index is 0.376. The molecule has 1 rings (SSSR count). The zero-order valence-corrected chi connectivity index (χ0v) is 11.2. The monoisotopic (exact) mass is 283 g/mol. The Kier molecular flexibility index (Phi) is 5.73. The van der Waals surface area contributed by atoms with Gasteiger partial charge >= 0.3 is 12.0 Å². The van der Waals surface area contributed by atoms with Gasteiger partial charge in [0.15, 0.2) is 6.04 Å². The van der Waals surface area contributed by atoms with Gasteiger partial charge in [0.05, 0.1) is 24.6 Å². The molecule has 4 N–H and O–H groups in total. The number of carboxylic acids is 1. The second-order valence-electron chi connectivity index (χ2n) is 3.97. The predicted molar refractivity (Wildman–Crippen MR) is 70.7 cm³/mol. The normalized spacial score (nSPS) is 13.2. The summed E-state index contributed by atoms with van der Waals surface area (Å²) in [4.78, 5) is 26.3. The summed E-state index contributed by atoms with van der Waals surface area (Å²) in [6.45, 7) is 3.58. The first-order chi connectivity index (χ1) is 9.43. The number of carbonyl (C=O) groups is 2. The van der Waals surface area contributed by atoms with Crippen molar-refractivity contribution in [3.05, 3.63) is 18.3 Å². The highest BCUT2D eigenvalue weighted by molar-refractivity contribution is 5.92. The Labute approximate surface area is 115 Å². The number of anilines is 1. The number of pyridine rings is 1. The topological polar surface area (TPSA) is 121 Å². The van der Waals surface area contributed by atoms with Gasteiger partial charge in [-0.1, -0.05) is 0 Å². The van der Waals surface area contributed by atoms with Crippen molar-refractivity contribution in [1.29, 1.82) is 0 Å². The van der Waals surface area contributed by atoms with Crippen LogP contribution in [0.5, 0.6) is 5.88 Å². The third kappa shape index (κ3) is 4.73. The maximum atomic E-state index is 11.6. The van der Waals surface area contributed by atoms with Crippen molar-refractivity contribution in [2.45, 2.75) is 26.0 Å². The molecule has 0 aliphatic rings. The lowest BCUT2D eigenvalue weighted by atomic mass is 10.2. The molecule has 1 aromatic heterocycles. The number of aliphatic hydroxyl groups excluding tert-OH is 1. The largest absolute Gasteiger partial charge is 0.480 e. The van der Waals surface area contributed by atoms with Gasteiger partial charge in [-0.05, 0) is 19.9 Å². The minimum Gasteiger partial charge on any atom is -0.480 e. The van der Waals surface area contributed by atoms with Gasteiger partial charge in [0.1, 0.15) is 0 Å². The fraction of sp³-hybridized carbons (Fsp3) is 0.417. The summed E-state index contributed by atoms with van der Waals surface area (Å²) < 4.78 is 5.14. The van der Waals surface area contributed by atoms with E-state index in [0.29, 0.717) is 18.2 Å². The number of rotatable bonds is 6. The molecule has 0 saturated carbocycles. The number of carbonyl (C=O) groups excluding carboxylic acids is 1. The lowest BCUT2D eigenvalue weighted by Crippen LogP contribution is -2.49. The van der Waals surface area contributed by atoms with Gasteiger partial charge in [-0.3, -0.25) is 0 Å². The van der Waals surface area contributed by atoms with E-state index in [1.807, 2.05) is 6.92 Å². The van der Waals surface area contributed by atoms with Gasteiger partial charge in [-0.15, -0.1) is 0 Å². The smallest absolute Gasteiger partial charge is 0.328 e. The molecule has 0 spiro atoms. The number of aliphatic carboxylic acids is 1. The van der Waals surface area contributed by atoms with E-state index in [1.54, 1.807) is 12.1 Å². The van der Waals surface area contributed by atoms with Crippen LogP contribution in [0.1, 0.15) is 13.8 Å². The zero-order chi connectivity index (χ0) is 15.1. The lowest BCUT2D eigenvalue weighted by Gasteiger charge is -2.17. The third-order valence-corrected chi connectivity index (χ3v) is 2.32. The number of hydrogen-bond acceptors (Lipinski definition) is 5. The Balaban J connectivity index is 2.59. The summed E-state index contributed by atoms with van der Waals surface area (Å²) in [6, 6.07) is 1.01. The third-order valence-electron chi connectivity index (χ3n) is 2.32. The Hall–Kier alpha value is -2.35. The Bertz CT molecular complexity index is 461. The molecule has 1 heterocycles. The van der Waals surface area contributed by atoms with E-state index in [4.69, 9.17) is 9.84 Å². The second kappa shape index (κ2) is 7.29. The van der Waals surface area contributed by atoms with Gasteiger partial charge in [-0.25, -0.2) is 14.6 Å². The highest BCUT2D eigenvalue weighted by Crippen LogP contribution is 2.11. The van der Waals surface area contributed by atoms with Crippen molar-refractivity contribution in [2.75, 3.05) is 11.9 Å². The van der Waals surface area contributed by atoms with Crippen LogP contribution in [0.15, 0.2) is 18.3 Å². The molecule has 0 radical (unpaired) electrons. The zero-order valence-electron chi connectivity index (χ0n) is 11.2. The molecule has 110 valence electrons. The molecular formula is C12H17N3O5. The number of aromatic nitrogens is 1. The van der Waals surface area contributed by atoms with Crippen LogP contribution in [0.25, 0.3) is 0 Å². The number of ether oxygens (including phenoxy) is 1. The second-order valence-corrected chi connectivity index (χ2v) is 3.97. The first-order valence-electron chi connectivity index (χ1n) is 6.01. The summed E-state index contributed by atoms with van der Waals surface area (Å²) in [7, 11) is 0. The van der Waals surface area contributed by atoms with Gasteiger partial charge in [-0.2, -0.15) is 0 Å². The number of amides is 2. The number of carboxylic acid groups (broad SMARTS) is 1. The molecule has 20 heavy (non-hydrogen) atoms. The summed E-state index contributed by atoms with van der Waals surface area (Å²) in [6.07, 6.45) is 0.166. The lowest BCUT2D eigenvalue weighted by molar-refractivity contribution is -0.141. The molecule has 0 unspecified atom stereocenters. The molecule has 0 bridgehead atoms. The SMILES string of the molecule is CCOc1ccc(NC(=O)N[C@H](C(=O)O)[C@@H](C)O)cn1. The van der Waals surface area contributed by atoms with Crippen molar-refractivity contribution >= 4 is 17.7 Å². The Morgan fingerprint density at radius 2 is 2.15 bits per heavy atom. The maximum absolute atomic E-state index is 11.6. The van der Waals surface area contributed by atoms with E-state index >= 15 is 0 Å². The molecule has 2 atom stereocenters. The van der Waals surface area contributed by atoms with E-state index in [2.05, 4.69) is 15.6 Å². The van der Waals surface area contributed by atoms with Crippen LogP contribution in [0.4, 0.5) is 10.5 Å². The van der Waals surface area contributed by atoms with Crippen LogP contribution in [0.3, 0.4) is 0 Å². The average molecular weight is 283 g/mol. The average Bonchev–Trinajstić information content (AvgIpc) is 2.38. The van der Waals surface area contributed by atoms with Crippen molar-refractivity contribution in [3.8, 4) is 5.88 Å². The summed E-state index contributed by atoms with van der Waals surface area (Å²) in [5.41, 5.74) is 0.376. The number of nitrogens with one attached hydrogen (secondary N) is 2. The summed E-state index contributed by atoms with van der Waals surface area (Å²) in [5, 5.41) is 22.6. The van der Waals surface area contributed by atoms with Crippen molar-refractivity contribution in [3.63, 3.8) is 0 Å². The molecule has 0 aliphatic heterocycles. The number of nitrogens with zero attached hydrogens (tertiary/aromatic N) is 1. The molecular weight excluding hydrogens is 266 g/mol. The van der Waals surface area contributed by atoms with Crippen molar-refractivity contribution < 1.29 is 24.5 Å². The van der Waals surface area contributed by atoms with Gasteiger partial charge in [0.2, 0.25) is 5.88 Å². The summed E-state index contributed by atoms with van der Waals surface area (Å²) >= 11 is 0. The number of hydrogen-bond donors (Lipinski definition) is 4. The van der Waals surface area contributed by atoms with Gasteiger partial charge in [0.25, 0.3) is 0 Å². The number of urea groups is 1. The van der Waals surface area contributed by atoms with Crippen molar-refractivity contribution in [1.82, 2.24) is 10.3 Å². The van der Waals surface area contributed by atoms with E-state index in [9.17, 15) is 14.7 Å². The van der Waals surface area contributed by atoms with Gasteiger partial charge in [0, 0.05) is 6.07 Å². The molecule has 0 aliphatic carbocycles. The first kappa shape index (κ1) is 15.7. The first-order valence-corrected chi connectivity index (χ1v) is 6.01. The van der Waals surface area contributed by atoms with E-state index < -0.39 is 24.1 Å². The predicted octanol–water partition coefficient (Wildman–Crippen LogP) is 0.436. The molecule has 0 fully saturated rings. The van der Waals surface area contributed by atoms with E-state index in [-0.39, 0.29) is 0 Å². The van der Waals surface area contributed by atoms with Crippen LogP contribution in [0, 0.1) is 0 Å². The molecule has 0 aromatic carbocycles. The van der Waals surface area contributed by atoms with Crippen LogP contribution in [0.2, 0.25) is 0 Å². The number of aliphatic hydroxyl groups is 1. The summed E-state index contributed by atoms with van der Waals surface area (Å²) in [5.74, 6) is -0.897. The van der Waals surface area contributed by atoms with Crippen LogP contribution < -0.4 is 15.4 Å². The van der Waals surface area contributed by atoms with Crippen LogP contribution in [-0.4, -0.2) is 46.0 Å². The maximum Gasteiger partial charge on any atom is 0.328 e. The Morgan fingerprint density at radius 3 is 2.60 bits per heavy atom. The van der Waals surface area contributed by atoms with E-state index in [0.717, 1.165) is 0 Å². The Morgan fingerprint density at radius 1 is 1.45 bits per heavy atom. The molecule has 8 nitrogen and oxygen atoms in total. The quantitative estimate of drug-likeness (QED) is 0.601. The molecule has 1 aromatic rings. The minimum atomic E-state index is -1.38. The fourth-order valence-corrected chi connectivity index (χ4v) is 1.38. The highest BCUT2D eigenvalue weighted by Gasteiger charge is 2.24. The molecule has 2 amide bonds.